The summed E-state index contributed by atoms with van der Waals surface area (Å²) in [5, 5.41) is 11.6. The third-order valence-corrected chi connectivity index (χ3v) is 9.20. The number of ether oxygens (including phenoxy) is 3. The average Bonchev–Trinajstić information content (AvgIpc) is 3.79. The number of esters is 1. The molecule has 3 aliphatic rings. The van der Waals surface area contributed by atoms with E-state index in [-0.39, 0.29) is 81.2 Å². The number of rotatable bonds is 15. The Bertz CT molecular complexity index is 1600. The molecule has 1 aromatic heterocycles. The molecule has 0 radical (unpaired) electrons. The van der Waals surface area contributed by atoms with E-state index < -0.39 is 42.6 Å². The number of hydrogen-bond donors (Lipinski definition) is 2. The van der Waals surface area contributed by atoms with Gasteiger partial charge >= 0.3 is 12.1 Å². The van der Waals surface area contributed by atoms with Crippen molar-refractivity contribution in [2.45, 2.75) is 89.9 Å². The predicted molar refractivity (Wildman–Crippen MR) is 188 cm³/mol. The zero-order valence-corrected chi connectivity index (χ0v) is 30.5. The van der Waals surface area contributed by atoms with Gasteiger partial charge in [0.1, 0.15) is 12.1 Å². The lowest BCUT2D eigenvalue weighted by atomic mass is 9.93. The van der Waals surface area contributed by atoms with Crippen LogP contribution in [0.25, 0.3) is 5.69 Å². The topological polar surface area (TPSA) is 191 Å². The van der Waals surface area contributed by atoms with Gasteiger partial charge in [-0.15, -0.1) is 5.06 Å². The van der Waals surface area contributed by atoms with Crippen molar-refractivity contribution in [2.75, 3.05) is 45.9 Å². The quantitative estimate of drug-likeness (QED) is 0.253. The third-order valence-electron chi connectivity index (χ3n) is 9.20. The summed E-state index contributed by atoms with van der Waals surface area (Å²) in [5.41, 5.74) is 0.463. The molecule has 1 saturated carbocycles. The number of likely N-dealkylation sites (tertiary alicyclic amines) is 1. The number of hydrogen-bond acceptors (Lipinski definition) is 12. The molecule has 17 nitrogen and oxygen atoms in total. The van der Waals surface area contributed by atoms with Crippen molar-refractivity contribution in [3.63, 3.8) is 0 Å². The summed E-state index contributed by atoms with van der Waals surface area (Å²) in [5.74, 6) is -2.07. The first kappa shape index (κ1) is 39.0. The fourth-order valence-electron chi connectivity index (χ4n) is 6.28. The number of benzene rings is 1. The minimum atomic E-state index is -1.12. The molecule has 0 spiro atoms. The second kappa shape index (κ2) is 18.5. The molecular weight excluding hydrogens is 690 g/mol. The van der Waals surface area contributed by atoms with Gasteiger partial charge < -0.3 is 39.5 Å². The van der Waals surface area contributed by atoms with Crippen LogP contribution < -0.4 is 15.4 Å². The summed E-state index contributed by atoms with van der Waals surface area (Å²) in [6, 6.07) is 8.74. The molecule has 2 N–H and O–H groups in total. The van der Waals surface area contributed by atoms with Gasteiger partial charge in [-0.25, -0.2) is 9.48 Å². The number of nitrogens with one attached hydrogen (secondary N) is 2. The lowest BCUT2D eigenvalue weighted by Crippen LogP contribution is -2.55. The number of piperazine rings is 1. The van der Waals surface area contributed by atoms with Gasteiger partial charge in [-0.1, -0.05) is 18.2 Å². The highest BCUT2D eigenvalue weighted by molar-refractivity contribution is 5.96. The minimum absolute atomic E-state index is 0.0434. The lowest BCUT2D eigenvalue weighted by molar-refractivity contribution is -0.157. The van der Waals surface area contributed by atoms with E-state index in [2.05, 4.69) is 15.7 Å². The van der Waals surface area contributed by atoms with E-state index in [4.69, 9.17) is 19.0 Å². The second-order valence-corrected chi connectivity index (χ2v) is 13.4. The van der Waals surface area contributed by atoms with Crippen molar-refractivity contribution >= 4 is 35.8 Å². The molecule has 2 aromatic rings. The van der Waals surface area contributed by atoms with Crippen molar-refractivity contribution < 1.29 is 47.8 Å². The molecule has 3 heterocycles. The average molecular weight is 740 g/mol. The maximum Gasteiger partial charge on any atom is 0.527 e. The van der Waals surface area contributed by atoms with Crippen LogP contribution in [0.3, 0.4) is 0 Å². The maximum atomic E-state index is 13.8. The fraction of sp³-hybridized carbons (Fsp3) is 0.583. The third kappa shape index (κ3) is 10.7. The number of hydroxylamine groups is 2. The van der Waals surface area contributed by atoms with Crippen molar-refractivity contribution in [3.8, 4) is 11.6 Å². The van der Waals surface area contributed by atoms with E-state index in [1.54, 1.807) is 45.0 Å². The van der Waals surface area contributed by atoms with Crippen molar-refractivity contribution in [2.24, 2.45) is 0 Å². The number of aromatic nitrogens is 2. The Morgan fingerprint density at radius 3 is 2.34 bits per heavy atom. The van der Waals surface area contributed by atoms with Crippen molar-refractivity contribution in [1.29, 1.82) is 0 Å². The van der Waals surface area contributed by atoms with Gasteiger partial charge in [-0.05, 0) is 71.4 Å². The van der Waals surface area contributed by atoms with E-state index in [0.717, 1.165) is 19.3 Å². The molecule has 3 fully saturated rings. The Morgan fingerprint density at radius 2 is 1.68 bits per heavy atom. The SMILES string of the molecule is CCOC(=O)ON1CCN(C(=O)[C@H](CCC(=O)OC(C)C)NC(=O)c2cc(OCC(=O)N3CCC[C@H]3C(=O)NC3CCC3)n(-c3ccccc3)n2)CC1. The largest absolute Gasteiger partial charge is 0.527 e. The lowest BCUT2D eigenvalue weighted by Gasteiger charge is -2.35. The molecule has 2 aliphatic heterocycles. The molecule has 5 rings (SSSR count). The molecule has 17 heteroatoms. The molecule has 53 heavy (non-hydrogen) atoms. The Balaban J connectivity index is 1.28. The summed E-state index contributed by atoms with van der Waals surface area (Å²) in [7, 11) is 0. The molecule has 1 aliphatic carbocycles. The highest BCUT2D eigenvalue weighted by Gasteiger charge is 2.36. The van der Waals surface area contributed by atoms with E-state index in [9.17, 15) is 28.8 Å². The van der Waals surface area contributed by atoms with E-state index in [0.29, 0.717) is 25.1 Å². The van der Waals surface area contributed by atoms with Gasteiger partial charge in [0.2, 0.25) is 17.7 Å². The van der Waals surface area contributed by atoms with Gasteiger partial charge in [0, 0.05) is 38.2 Å². The van der Waals surface area contributed by atoms with E-state index >= 15 is 0 Å². The molecule has 2 saturated heterocycles. The highest BCUT2D eigenvalue weighted by Crippen LogP contribution is 2.24. The monoisotopic (exact) mass is 739 g/mol. The summed E-state index contributed by atoms with van der Waals surface area (Å²) >= 11 is 0. The summed E-state index contributed by atoms with van der Waals surface area (Å²) in [6.07, 6.45) is 2.87. The number of carbonyl (C=O) groups excluding carboxylic acids is 6. The highest BCUT2D eigenvalue weighted by atomic mass is 16.8. The van der Waals surface area contributed by atoms with Gasteiger partial charge in [0.25, 0.3) is 11.8 Å². The van der Waals surface area contributed by atoms with Crippen molar-refractivity contribution in [3.05, 3.63) is 42.1 Å². The molecule has 2 atom stereocenters. The van der Waals surface area contributed by atoms with Crippen LogP contribution in [0.4, 0.5) is 4.79 Å². The Morgan fingerprint density at radius 1 is 0.943 bits per heavy atom. The van der Waals surface area contributed by atoms with E-state index in [1.807, 2.05) is 6.07 Å². The Kier molecular flexibility index (Phi) is 13.6. The predicted octanol–water partition coefficient (Wildman–Crippen LogP) is 1.97. The van der Waals surface area contributed by atoms with Gasteiger partial charge in [0.05, 0.1) is 31.5 Å². The smallest absolute Gasteiger partial charge is 0.467 e. The standard InChI is InChI=1S/C36H49N7O10/c1-4-50-36(49)53-41-20-18-40(19-21-41)35(48)27(15-16-32(45)52-24(2)3)38-33(46)28-22-31(43(39-28)26-12-6-5-7-13-26)51-23-30(44)42-17-9-14-29(42)34(47)37-25-10-8-11-25/h5-7,12-13,22,24-25,27,29H,4,8-11,14-21,23H2,1-3H3,(H,37,47)(H,38,46)/t27-,29-/m0/s1. The zero-order valence-electron chi connectivity index (χ0n) is 30.5. The second-order valence-electron chi connectivity index (χ2n) is 13.4. The first-order chi connectivity index (χ1) is 25.5. The number of nitrogens with zero attached hydrogens (tertiary/aromatic N) is 5. The van der Waals surface area contributed by atoms with E-state index in [1.165, 1.54) is 25.6 Å². The van der Waals surface area contributed by atoms with Crippen LogP contribution in [0.15, 0.2) is 36.4 Å². The van der Waals surface area contributed by atoms with Crippen LogP contribution in [0.2, 0.25) is 0 Å². The summed E-state index contributed by atoms with van der Waals surface area (Å²) in [6.45, 7) is 6.10. The van der Waals surface area contributed by atoms with Crippen LogP contribution >= 0.6 is 0 Å². The zero-order chi connectivity index (χ0) is 37.9. The summed E-state index contributed by atoms with van der Waals surface area (Å²) < 4.78 is 17.4. The molecule has 4 amide bonds. The Labute approximate surface area is 308 Å². The van der Waals surface area contributed by atoms with Crippen molar-refractivity contribution in [1.82, 2.24) is 35.3 Å². The number of para-hydroxylation sites is 1. The van der Waals surface area contributed by atoms with Gasteiger partial charge in [-0.2, -0.15) is 5.10 Å². The molecule has 1 aromatic carbocycles. The van der Waals surface area contributed by atoms with Crippen LogP contribution in [0, 0.1) is 0 Å². The van der Waals surface area contributed by atoms with Crippen LogP contribution in [0.5, 0.6) is 5.88 Å². The first-order valence-corrected chi connectivity index (χ1v) is 18.3. The molecule has 0 bridgehead atoms. The minimum Gasteiger partial charge on any atom is -0.467 e. The van der Waals surface area contributed by atoms with Crippen LogP contribution in [0.1, 0.15) is 76.2 Å². The fourth-order valence-corrected chi connectivity index (χ4v) is 6.28. The normalized spacial score (nSPS) is 18.2. The van der Waals surface area contributed by atoms with Crippen LogP contribution in [-0.2, 0) is 33.5 Å². The van der Waals surface area contributed by atoms with Crippen LogP contribution in [-0.4, -0.2) is 131 Å². The Hall–Kier alpha value is -5.19. The molecule has 0 unspecified atom stereocenters. The first-order valence-electron chi connectivity index (χ1n) is 18.3. The number of carbonyl (C=O) groups is 6. The molecule has 288 valence electrons. The van der Waals surface area contributed by atoms with Gasteiger partial charge in [-0.3, -0.25) is 24.0 Å². The number of amides is 4. The maximum absolute atomic E-state index is 13.8. The van der Waals surface area contributed by atoms with Gasteiger partial charge in [0.15, 0.2) is 12.3 Å². The summed E-state index contributed by atoms with van der Waals surface area (Å²) in [4.78, 5) is 86.2. The molecular formula is C36H49N7O10.